The normalized spacial score (nSPS) is 37.2. The maximum absolute atomic E-state index is 3.51. The minimum atomic E-state index is 0.540. The van der Waals surface area contributed by atoms with Crippen LogP contribution in [0.15, 0.2) is 0 Å². The number of piperazine rings is 1. The average Bonchev–Trinajstić information content (AvgIpc) is 2.65. The molecule has 3 rings (SSSR count). The van der Waals surface area contributed by atoms with Crippen LogP contribution < -0.4 is 5.32 Å². The zero-order valence-electron chi connectivity index (χ0n) is 11.2. The van der Waals surface area contributed by atoms with Crippen LogP contribution in [-0.4, -0.2) is 61.7 Å². The van der Waals surface area contributed by atoms with E-state index < -0.39 is 0 Å². The van der Waals surface area contributed by atoms with Gasteiger partial charge < -0.3 is 10.2 Å². The summed E-state index contributed by atoms with van der Waals surface area (Å²) < 4.78 is 0. The van der Waals surface area contributed by atoms with Crippen molar-refractivity contribution in [2.45, 2.75) is 38.6 Å². The van der Waals surface area contributed by atoms with E-state index in [1.54, 1.807) is 0 Å². The molecule has 1 N–H and O–H groups in total. The molecule has 3 nitrogen and oxygen atoms in total. The fourth-order valence-corrected chi connectivity index (χ4v) is 3.58. The lowest BCUT2D eigenvalue weighted by molar-refractivity contribution is 0.0461. The standard InChI is InChI=1S/C14H27N3/c1-14(5-6-15-11-14)12-16-7-9-17(10-8-16)13-3-2-4-13/h13,15H,2-12H2,1H3. The van der Waals surface area contributed by atoms with Crippen molar-refractivity contribution in [3.8, 4) is 0 Å². The van der Waals surface area contributed by atoms with Gasteiger partial charge in [0.1, 0.15) is 0 Å². The molecule has 0 aromatic carbocycles. The van der Waals surface area contributed by atoms with Crippen molar-refractivity contribution >= 4 is 0 Å². The van der Waals surface area contributed by atoms with E-state index in [1.165, 1.54) is 71.5 Å². The van der Waals surface area contributed by atoms with Gasteiger partial charge in [-0.05, 0) is 31.2 Å². The maximum atomic E-state index is 3.51. The van der Waals surface area contributed by atoms with Crippen molar-refractivity contribution < 1.29 is 0 Å². The largest absolute Gasteiger partial charge is 0.316 e. The van der Waals surface area contributed by atoms with Crippen LogP contribution in [0.1, 0.15) is 32.6 Å². The maximum Gasteiger partial charge on any atom is 0.0113 e. The SMILES string of the molecule is CC1(CN2CCN(C3CCC3)CC2)CCNC1. The molecule has 1 aliphatic carbocycles. The number of nitrogens with zero attached hydrogens (tertiary/aromatic N) is 2. The van der Waals surface area contributed by atoms with Gasteiger partial charge in [0.2, 0.25) is 0 Å². The smallest absolute Gasteiger partial charge is 0.0113 e. The summed E-state index contributed by atoms with van der Waals surface area (Å²) in [6.45, 7) is 11.4. The summed E-state index contributed by atoms with van der Waals surface area (Å²) in [5, 5.41) is 3.51. The van der Waals surface area contributed by atoms with E-state index in [-0.39, 0.29) is 0 Å². The quantitative estimate of drug-likeness (QED) is 0.794. The van der Waals surface area contributed by atoms with Crippen molar-refractivity contribution in [1.82, 2.24) is 15.1 Å². The zero-order chi connectivity index (χ0) is 11.7. The Bertz CT molecular complexity index is 248. The number of nitrogens with one attached hydrogen (secondary N) is 1. The predicted octanol–water partition coefficient (Wildman–Crippen LogP) is 1.16. The highest BCUT2D eigenvalue weighted by atomic mass is 15.3. The highest BCUT2D eigenvalue weighted by Crippen LogP contribution is 2.28. The van der Waals surface area contributed by atoms with Crippen LogP contribution in [0.25, 0.3) is 0 Å². The van der Waals surface area contributed by atoms with Gasteiger partial charge in [0.15, 0.2) is 0 Å². The Balaban J connectivity index is 1.44. The topological polar surface area (TPSA) is 18.5 Å². The molecule has 1 unspecified atom stereocenters. The summed E-state index contributed by atoms with van der Waals surface area (Å²) >= 11 is 0. The summed E-state index contributed by atoms with van der Waals surface area (Å²) in [6, 6.07) is 0.945. The third-order valence-corrected chi connectivity index (χ3v) is 5.06. The molecule has 3 fully saturated rings. The molecule has 3 aliphatic rings. The Morgan fingerprint density at radius 1 is 1.18 bits per heavy atom. The summed E-state index contributed by atoms with van der Waals surface area (Å²) in [5.41, 5.74) is 0.540. The lowest BCUT2D eigenvalue weighted by atomic mass is 9.88. The monoisotopic (exact) mass is 237 g/mol. The molecular formula is C14H27N3. The molecule has 1 atom stereocenters. The van der Waals surface area contributed by atoms with Gasteiger partial charge in [-0.25, -0.2) is 0 Å². The fourth-order valence-electron chi connectivity index (χ4n) is 3.58. The molecule has 3 heteroatoms. The molecule has 2 heterocycles. The Hall–Kier alpha value is -0.120. The molecule has 98 valence electrons. The van der Waals surface area contributed by atoms with E-state index in [4.69, 9.17) is 0 Å². The molecule has 2 aliphatic heterocycles. The second kappa shape index (κ2) is 4.87. The zero-order valence-corrected chi connectivity index (χ0v) is 11.2. The highest BCUT2D eigenvalue weighted by molar-refractivity contribution is 4.89. The first-order valence-electron chi connectivity index (χ1n) is 7.42. The van der Waals surface area contributed by atoms with E-state index in [0.717, 1.165) is 6.04 Å². The van der Waals surface area contributed by atoms with Crippen LogP contribution in [0.2, 0.25) is 0 Å². The molecule has 0 aromatic rings. The van der Waals surface area contributed by atoms with Crippen molar-refractivity contribution in [1.29, 1.82) is 0 Å². The van der Waals surface area contributed by atoms with Gasteiger partial charge in [-0.2, -0.15) is 0 Å². The molecule has 17 heavy (non-hydrogen) atoms. The first kappa shape index (κ1) is 11.9. The van der Waals surface area contributed by atoms with Gasteiger partial charge in [-0.3, -0.25) is 4.90 Å². The van der Waals surface area contributed by atoms with Crippen molar-refractivity contribution in [2.24, 2.45) is 5.41 Å². The van der Waals surface area contributed by atoms with Crippen LogP contribution in [-0.2, 0) is 0 Å². The summed E-state index contributed by atoms with van der Waals surface area (Å²) in [5.74, 6) is 0. The lowest BCUT2D eigenvalue weighted by Gasteiger charge is -2.44. The van der Waals surface area contributed by atoms with E-state index in [0.29, 0.717) is 5.41 Å². The molecule has 0 aromatic heterocycles. The number of hydrogen-bond donors (Lipinski definition) is 1. The molecule has 0 amide bonds. The van der Waals surface area contributed by atoms with Crippen LogP contribution in [0.4, 0.5) is 0 Å². The first-order valence-corrected chi connectivity index (χ1v) is 7.42. The molecule has 2 saturated heterocycles. The van der Waals surface area contributed by atoms with E-state index in [2.05, 4.69) is 22.0 Å². The average molecular weight is 237 g/mol. The molecular weight excluding hydrogens is 210 g/mol. The third kappa shape index (κ3) is 2.67. The molecule has 0 bridgehead atoms. The van der Waals surface area contributed by atoms with Gasteiger partial charge in [-0.15, -0.1) is 0 Å². The Morgan fingerprint density at radius 2 is 1.94 bits per heavy atom. The van der Waals surface area contributed by atoms with Crippen molar-refractivity contribution in [2.75, 3.05) is 45.8 Å². The minimum Gasteiger partial charge on any atom is -0.316 e. The van der Waals surface area contributed by atoms with Gasteiger partial charge in [0, 0.05) is 45.3 Å². The number of rotatable bonds is 3. The first-order chi connectivity index (χ1) is 8.25. The van der Waals surface area contributed by atoms with Crippen molar-refractivity contribution in [3.05, 3.63) is 0 Å². The predicted molar refractivity (Wildman–Crippen MR) is 71.2 cm³/mol. The summed E-state index contributed by atoms with van der Waals surface area (Å²) in [4.78, 5) is 5.43. The van der Waals surface area contributed by atoms with Crippen LogP contribution in [0, 0.1) is 5.41 Å². The Labute approximate surface area is 106 Å². The van der Waals surface area contributed by atoms with E-state index in [9.17, 15) is 0 Å². The highest BCUT2D eigenvalue weighted by Gasteiger charge is 2.33. The molecule has 1 saturated carbocycles. The van der Waals surface area contributed by atoms with Gasteiger partial charge >= 0.3 is 0 Å². The molecule has 0 radical (unpaired) electrons. The third-order valence-electron chi connectivity index (χ3n) is 5.06. The fraction of sp³-hybridized carbons (Fsp3) is 1.00. The second-order valence-electron chi connectivity index (χ2n) is 6.63. The van der Waals surface area contributed by atoms with Gasteiger partial charge in [0.05, 0.1) is 0 Å². The summed E-state index contributed by atoms with van der Waals surface area (Å²) in [6.07, 6.45) is 5.74. The van der Waals surface area contributed by atoms with Gasteiger partial charge in [-0.1, -0.05) is 13.3 Å². The Kier molecular flexibility index (Phi) is 3.42. The van der Waals surface area contributed by atoms with E-state index in [1.807, 2.05) is 0 Å². The van der Waals surface area contributed by atoms with Crippen LogP contribution in [0.5, 0.6) is 0 Å². The Morgan fingerprint density at radius 3 is 2.47 bits per heavy atom. The lowest BCUT2D eigenvalue weighted by Crippen LogP contribution is -2.54. The van der Waals surface area contributed by atoms with E-state index >= 15 is 0 Å². The van der Waals surface area contributed by atoms with Gasteiger partial charge in [0.25, 0.3) is 0 Å². The number of hydrogen-bond acceptors (Lipinski definition) is 3. The van der Waals surface area contributed by atoms with Crippen LogP contribution in [0.3, 0.4) is 0 Å². The second-order valence-corrected chi connectivity index (χ2v) is 6.63. The minimum absolute atomic E-state index is 0.540. The van der Waals surface area contributed by atoms with Crippen molar-refractivity contribution in [3.63, 3.8) is 0 Å². The van der Waals surface area contributed by atoms with Crippen LogP contribution >= 0.6 is 0 Å². The summed E-state index contributed by atoms with van der Waals surface area (Å²) in [7, 11) is 0. The molecule has 0 spiro atoms.